The third-order valence-electron chi connectivity index (χ3n) is 8.68. The molecule has 0 bridgehead atoms. The van der Waals surface area contributed by atoms with Crippen LogP contribution in [0.2, 0.25) is 0 Å². The van der Waals surface area contributed by atoms with Gasteiger partial charge in [0.15, 0.2) is 0 Å². The van der Waals surface area contributed by atoms with E-state index < -0.39 is 59.3 Å². The van der Waals surface area contributed by atoms with Crippen LogP contribution in [-0.4, -0.2) is 80.7 Å². The van der Waals surface area contributed by atoms with E-state index in [0.717, 1.165) is 30.4 Å². The van der Waals surface area contributed by atoms with E-state index in [4.69, 9.17) is 9.47 Å². The standard InChI is InChI=1S/C32H42N4O8/c1-31(2,3)44-29(41)33-24-14-8-6-4-5-7-13-22-16-32(22,28(39)40)34-26(37)25-15-23(19-36(25)27(24)38)43-30(42)35-17-20-11-9-10-12-21(20)18-35/h7,9-13,22-25H,4-6,8,14-19H2,1-3H3,(H,33,41)(H,34,37)(H,39,40)/b13-7-. The highest BCUT2D eigenvalue weighted by Crippen LogP contribution is 2.45. The van der Waals surface area contributed by atoms with E-state index in [9.17, 15) is 29.1 Å². The lowest BCUT2D eigenvalue weighted by Crippen LogP contribution is -2.56. The van der Waals surface area contributed by atoms with Crippen molar-refractivity contribution in [3.05, 3.63) is 47.5 Å². The Hall–Kier alpha value is -4.09. The first-order valence-corrected chi connectivity index (χ1v) is 15.4. The van der Waals surface area contributed by atoms with E-state index in [1.54, 1.807) is 25.7 Å². The van der Waals surface area contributed by atoms with Gasteiger partial charge >= 0.3 is 18.2 Å². The first kappa shape index (κ1) is 31.3. The molecule has 1 aromatic rings. The molecule has 0 radical (unpaired) electrons. The Kier molecular flexibility index (Phi) is 8.90. The molecule has 3 heterocycles. The Bertz CT molecular complexity index is 1310. The molecule has 5 rings (SSSR count). The summed E-state index contributed by atoms with van der Waals surface area (Å²) in [5, 5.41) is 15.4. The summed E-state index contributed by atoms with van der Waals surface area (Å²) in [5.74, 6) is -2.63. The fourth-order valence-corrected chi connectivity index (χ4v) is 6.28. The molecule has 12 heteroatoms. The number of alkyl carbamates (subject to hydrolysis) is 1. The van der Waals surface area contributed by atoms with Crippen LogP contribution in [0.4, 0.5) is 9.59 Å². The molecule has 4 aliphatic rings. The maximum atomic E-state index is 14.0. The minimum atomic E-state index is -1.45. The van der Waals surface area contributed by atoms with Crippen LogP contribution in [0.25, 0.3) is 0 Å². The number of carboxylic acid groups (broad SMARTS) is 1. The molecule has 1 saturated heterocycles. The molecule has 2 fully saturated rings. The van der Waals surface area contributed by atoms with Crippen molar-refractivity contribution in [3.63, 3.8) is 0 Å². The first-order valence-electron chi connectivity index (χ1n) is 15.4. The van der Waals surface area contributed by atoms with Crippen LogP contribution in [-0.2, 0) is 36.9 Å². The molecule has 3 N–H and O–H groups in total. The van der Waals surface area contributed by atoms with E-state index in [2.05, 4.69) is 10.6 Å². The second-order valence-electron chi connectivity index (χ2n) is 13.2. The van der Waals surface area contributed by atoms with Crippen molar-refractivity contribution in [2.45, 2.75) is 108 Å². The predicted molar refractivity (Wildman–Crippen MR) is 158 cm³/mol. The number of allylic oxidation sites excluding steroid dienone is 1. The number of aliphatic carboxylic acids is 1. The first-order chi connectivity index (χ1) is 20.9. The second kappa shape index (κ2) is 12.5. The molecule has 1 aliphatic carbocycles. The molecule has 3 aliphatic heterocycles. The van der Waals surface area contributed by atoms with Gasteiger partial charge in [0, 0.05) is 25.4 Å². The summed E-state index contributed by atoms with van der Waals surface area (Å²) in [5.41, 5.74) is -0.176. The van der Waals surface area contributed by atoms with Gasteiger partial charge in [-0.15, -0.1) is 0 Å². The van der Waals surface area contributed by atoms with Crippen molar-refractivity contribution in [2.75, 3.05) is 6.54 Å². The molecule has 44 heavy (non-hydrogen) atoms. The number of ether oxygens (including phenoxy) is 2. The molecule has 5 unspecified atom stereocenters. The van der Waals surface area contributed by atoms with E-state index in [-0.39, 0.29) is 25.3 Å². The summed E-state index contributed by atoms with van der Waals surface area (Å²) >= 11 is 0. The monoisotopic (exact) mass is 610 g/mol. The number of hydrogen-bond donors (Lipinski definition) is 3. The molecule has 5 atom stereocenters. The van der Waals surface area contributed by atoms with Crippen LogP contribution >= 0.6 is 0 Å². The zero-order chi connectivity index (χ0) is 31.6. The summed E-state index contributed by atoms with van der Waals surface area (Å²) in [6.45, 7) is 5.89. The van der Waals surface area contributed by atoms with Crippen LogP contribution in [0.15, 0.2) is 36.4 Å². The average molecular weight is 611 g/mol. The smallest absolute Gasteiger partial charge is 0.410 e. The minimum Gasteiger partial charge on any atom is -0.479 e. The van der Waals surface area contributed by atoms with Crippen molar-refractivity contribution in [1.82, 2.24) is 20.4 Å². The van der Waals surface area contributed by atoms with Crippen LogP contribution in [0, 0.1) is 5.92 Å². The normalized spacial score (nSPS) is 29.6. The van der Waals surface area contributed by atoms with Gasteiger partial charge in [-0.1, -0.05) is 49.3 Å². The molecule has 238 valence electrons. The minimum absolute atomic E-state index is 0.000531. The number of nitrogens with zero attached hydrogens (tertiary/aromatic N) is 2. The molecule has 0 aromatic heterocycles. The molecular weight excluding hydrogens is 568 g/mol. The number of carboxylic acids is 1. The van der Waals surface area contributed by atoms with Crippen molar-refractivity contribution in [2.24, 2.45) is 5.92 Å². The van der Waals surface area contributed by atoms with E-state index in [0.29, 0.717) is 25.9 Å². The number of hydrogen-bond acceptors (Lipinski definition) is 7. The zero-order valence-corrected chi connectivity index (χ0v) is 25.5. The summed E-state index contributed by atoms with van der Waals surface area (Å²) < 4.78 is 11.2. The van der Waals surface area contributed by atoms with Crippen molar-refractivity contribution < 1.29 is 38.6 Å². The van der Waals surface area contributed by atoms with Crippen LogP contribution in [0.5, 0.6) is 0 Å². The van der Waals surface area contributed by atoms with Gasteiger partial charge in [-0.25, -0.2) is 14.4 Å². The van der Waals surface area contributed by atoms with E-state index in [1.807, 2.05) is 36.4 Å². The van der Waals surface area contributed by atoms with E-state index in [1.165, 1.54) is 4.90 Å². The van der Waals surface area contributed by atoms with Gasteiger partial charge in [0.25, 0.3) is 0 Å². The van der Waals surface area contributed by atoms with Gasteiger partial charge in [-0.2, -0.15) is 0 Å². The van der Waals surface area contributed by atoms with Gasteiger partial charge in [-0.3, -0.25) is 14.5 Å². The summed E-state index contributed by atoms with van der Waals surface area (Å²) in [7, 11) is 0. The van der Waals surface area contributed by atoms with Crippen molar-refractivity contribution >= 4 is 30.0 Å². The molecule has 1 aromatic carbocycles. The lowest BCUT2D eigenvalue weighted by Gasteiger charge is -2.30. The molecule has 1 saturated carbocycles. The summed E-state index contributed by atoms with van der Waals surface area (Å²) in [4.78, 5) is 68.8. The Balaban J connectivity index is 1.37. The maximum absolute atomic E-state index is 14.0. The number of carbonyl (C=O) groups excluding carboxylic acids is 4. The van der Waals surface area contributed by atoms with Crippen molar-refractivity contribution in [3.8, 4) is 0 Å². The van der Waals surface area contributed by atoms with E-state index >= 15 is 0 Å². The summed E-state index contributed by atoms with van der Waals surface area (Å²) in [6.07, 6.45) is 5.25. The Labute approximate surface area is 257 Å². The van der Waals surface area contributed by atoms with Gasteiger partial charge in [0.1, 0.15) is 29.3 Å². The second-order valence-corrected chi connectivity index (χ2v) is 13.2. The largest absolute Gasteiger partial charge is 0.479 e. The fourth-order valence-electron chi connectivity index (χ4n) is 6.28. The highest BCUT2D eigenvalue weighted by atomic mass is 16.6. The molecule has 12 nitrogen and oxygen atoms in total. The number of amides is 4. The Morgan fingerprint density at radius 1 is 1.07 bits per heavy atom. The average Bonchev–Trinajstić information content (AvgIpc) is 3.27. The Morgan fingerprint density at radius 2 is 1.77 bits per heavy atom. The van der Waals surface area contributed by atoms with Crippen LogP contribution in [0.3, 0.4) is 0 Å². The lowest BCUT2D eigenvalue weighted by molar-refractivity contribution is -0.145. The lowest BCUT2D eigenvalue weighted by atomic mass is 10.0. The van der Waals surface area contributed by atoms with Crippen LogP contribution < -0.4 is 10.6 Å². The van der Waals surface area contributed by atoms with Gasteiger partial charge in [0.2, 0.25) is 11.8 Å². The number of benzene rings is 1. The third-order valence-corrected chi connectivity index (χ3v) is 8.68. The van der Waals surface area contributed by atoms with Gasteiger partial charge in [-0.05, 0) is 57.6 Å². The third kappa shape index (κ3) is 7.00. The molecule has 0 spiro atoms. The Morgan fingerprint density at radius 3 is 2.43 bits per heavy atom. The zero-order valence-electron chi connectivity index (χ0n) is 25.5. The SMILES string of the molecule is CC(C)(C)OC(=O)NC1CCCCC/C=C\C2CC2(C(=O)O)NC(=O)C2CC(OC(=O)N3Cc4ccccc4C3)CN2C1=O. The van der Waals surface area contributed by atoms with Gasteiger partial charge < -0.3 is 30.1 Å². The summed E-state index contributed by atoms with van der Waals surface area (Å²) in [6, 6.07) is 5.65. The topological polar surface area (TPSA) is 155 Å². The highest BCUT2D eigenvalue weighted by molar-refractivity contribution is 5.96. The highest BCUT2D eigenvalue weighted by Gasteiger charge is 2.61. The number of fused-ring (bicyclic) bond motifs is 3. The van der Waals surface area contributed by atoms with Crippen LogP contribution in [0.1, 0.15) is 76.8 Å². The molecular formula is C32H42N4O8. The number of rotatable bonds is 3. The number of carbonyl (C=O) groups is 5. The fraction of sp³-hybridized carbons (Fsp3) is 0.594. The quantitative estimate of drug-likeness (QED) is 0.440. The molecule has 4 amide bonds. The van der Waals surface area contributed by atoms with Gasteiger partial charge in [0.05, 0.1) is 6.54 Å². The predicted octanol–water partition coefficient (Wildman–Crippen LogP) is 3.48. The number of nitrogens with one attached hydrogen (secondary N) is 2. The van der Waals surface area contributed by atoms with Crippen molar-refractivity contribution in [1.29, 1.82) is 0 Å². The maximum Gasteiger partial charge on any atom is 0.410 e.